The van der Waals surface area contributed by atoms with Crippen LogP contribution >= 0.6 is 0 Å². The van der Waals surface area contributed by atoms with Crippen molar-refractivity contribution in [3.63, 3.8) is 0 Å². The minimum atomic E-state index is 0.135. The van der Waals surface area contributed by atoms with E-state index in [2.05, 4.69) is 23.2 Å². The molecule has 1 aromatic heterocycles. The molecular formula is C21H25N3O2. The molecule has 1 saturated heterocycles. The Labute approximate surface area is 154 Å². The highest BCUT2D eigenvalue weighted by atomic mass is 16.2. The van der Waals surface area contributed by atoms with Crippen LogP contribution < -0.4 is 0 Å². The first-order chi connectivity index (χ1) is 12.7. The number of H-pyrrole nitrogens is 1. The number of hydrogen-bond acceptors (Lipinski definition) is 2. The van der Waals surface area contributed by atoms with E-state index in [0.29, 0.717) is 39.0 Å². The van der Waals surface area contributed by atoms with Crippen molar-refractivity contribution >= 4 is 11.8 Å². The summed E-state index contributed by atoms with van der Waals surface area (Å²) in [5.41, 5.74) is 4.97. The third-order valence-electron chi connectivity index (χ3n) is 5.52. The van der Waals surface area contributed by atoms with E-state index in [1.165, 1.54) is 24.0 Å². The van der Waals surface area contributed by atoms with E-state index in [1.807, 2.05) is 28.3 Å². The van der Waals surface area contributed by atoms with Gasteiger partial charge < -0.3 is 14.8 Å². The highest BCUT2D eigenvalue weighted by Gasteiger charge is 2.24. The van der Waals surface area contributed by atoms with Crippen LogP contribution in [0.1, 0.15) is 28.7 Å². The quantitative estimate of drug-likeness (QED) is 0.915. The Balaban J connectivity index is 1.28. The van der Waals surface area contributed by atoms with E-state index >= 15 is 0 Å². The summed E-state index contributed by atoms with van der Waals surface area (Å²) >= 11 is 0. The average molecular weight is 351 g/mol. The number of amides is 2. The number of aromatic amines is 1. The third kappa shape index (κ3) is 3.66. The van der Waals surface area contributed by atoms with Crippen LogP contribution in [0, 0.1) is 0 Å². The first kappa shape index (κ1) is 16.9. The van der Waals surface area contributed by atoms with Gasteiger partial charge in [0.15, 0.2) is 0 Å². The lowest BCUT2D eigenvalue weighted by atomic mass is 10.0. The van der Waals surface area contributed by atoms with Crippen LogP contribution in [-0.2, 0) is 35.3 Å². The molecule has 1 N–H and O–H groups in total. The van der Waals surface area contributed by atoms with E-state index in [9.17, 15) is 9.59 Å². The number of rotatable bonds is 4. The highest BCUT2D eigenvalue weighted by Crippen LogP contribution is 2.23. The van der Waals surface area contributed by atoms with Gasteiger partial charge in [-0.15, -0.1) is 0 Å². The number of benzene rings is 1. The van der Waals surface area contributed by atoms with Crippen molar-refractivity contribution in [2.45, 2.75) is 32.1 Å². The number of aryl methyl sites for hydroxylation is 2. The molecule has 0 saturated carbocycles. The number of piperazine rings is 1. The van der Waals surface area contributed by atoms with Gasteiger partial charge in [-0.1, -0.05) is 18.2 Å². The fourth-order valence-electron chi connectivity index (χ4n) is 3.98. The van der Waals surface area contributed by atoms with E-state index in [0.717, 1.165) is 17.5 Å². The first-order valence-electron chi connectivity index (χ1n) is 9.47. The van der Waals surface area contributed by atoms with Crippen molar-refractivity contribution in [3.05, 3.63) is 58.9 Å². The zero-order chi connectivity index (χ0) is 17.9. The van der Waals surface area contributed by atoms with E-state index in [4.69, 9.17) is 0 Å². The van der Waals surface area contributed by atoms with Gasteiger partial charge in [0, 0.05) is 38.6 Å². The first-order valence-corrected chi connectivity index (χ1v) is 9.47. The van der Waals surface area contributed by atoms with Gasteiger partial charge >= 0.3 is 0 Å². The monoisotopic (exact) mass is 351 g/mol. The van der Waals surface area contributed by atoms with Gasteiger partial charge in [0.25, 0.3) is 0 Å². The number of hydrogen-bond donors (Lipinski definition) is 1. The van der Waals surface area contributed by atoms with Crippen molar-refractivity contribution in [2.75, 3.05) is 26.2 Å². The van der Waals surface area contributed by atoms with Crippen molar-refractivity contribution in [1.82, 2.24) is 14.8 Å². The summed E-state index contributed by atoms with van der Waals surface area (Å²) in [6, 6.07) is 8.41. The number of nitrogens with zero attached hydrogens (tertiary/aromatic N) is 2. The van der Waals surface area contributed by atoms with Gasteiger partial charge in [-0.25, -0.2) is 0 Å². The second-order valence-corrected chi connectivity index (χ2v) is 7.29. The number of carbonyl (C=O) groups excluding carboxylic acids is 2. The fraction of sp³-hybridized carbons (Fsp3) is 0.429. The van der Waals surface area contributed by atoms with Gasteiger partial charge in [-0.3, -0.25) is 9.59 Å². The van der Waals surface area contributed by atoms with Crippen LogP contribution in [-0.4, -0.2) is 52.8 Å². The molecule has 5 heteroatoms. The molecule has 0 bridgehead atoms. The molecule has 2 aliphatic rings. The molecule has 1 aliphatic carbocycles. The molecule has 1 fully saturated rings. The lowest BCUT2D eigenvalue weighted by Crippen LogP contribution is -2.51. The van der Waals surface area contributed by atoms with Crippen LogP contribution in [0.4, 0.5) is 0 Å². The summed E-state index contributed by atoms with van der Waals surface area (Å²) in [5, 5.41) is 0. The van der Waals surface area contributed by atoms with Gasteiger partial charge in [-0.2, -0.15) is 0 Å². The summed E-state index contributed by atoms with van der Waals surface area (Å²) in [7, 11) is 0. The minimum absolute atomic E-state index is 0.135. The van der Waals surface area contributed by atoms with Crippen LogP contribution in [0.5, 0.6) is 0 Å². The predicted octanol–water partition coefficient (Wildman–Crippen LogP) is 1.96. The molecule has 4 rings (SSSR count). The topological polar surface area (TPSA) is 56.4 Å². The van der Waals surface area contributed by atoms with Crippen LogP contribution in [0.15, 0.2) is 36.7 Å². The number of aromatic nitrogens is 1. The van der Waals surface area contributed by atoms with Gasteiger partial charge in [0.05, 0.1) is 12.8 Å². The zero-order valence-corrected chi connectivity index (χ0v) is 15.0. The van der Waals surface area contributed by atoms with Gasteiger partial charge in [0.1, 0.15) is 0 Å². The maximum atomic E-state index is 12.6. The minimum Gasteiger partial charge on any atom is -0.367 e. The molecule has 5 nitrogen and oxygen atoms in total. The SMILES string of the molecule is O=C(Cc1cc[nH]c1)N1CCN(C(=O)Cc2ccc3c(c2)CCC3)CC1. The van der Waals surface area contributed by atoms with Crippen LogP contribution in [0.25, 0.3) is 0 Å². The Morgan fingerprint density at radius 3 is 2.15 bits per heavy atom. The van der Waals surface area contributed by atoms with E-state index in [1.54, 1.807) is 0 Å². The van der Waals surface area contributed by atoms with Crippen molar-refractivity contribution in [3.8, 4) is 0 Å². The van der Waals surface area contributed by atoms with Gasteiger partial charge in [-0.05, 0) is 47.6 Å². The summed E-state index contributed by atoms with van der Waals surface area (Å²) < 4.78 is 0. The molecule has 2 heterocycles. The molecule has 0 atom stereocenters. The average Bonchev–Trinajstić information content (AvgIpc) is 3.33. The molecule has 1 aromatic carbocycles. The molecule has 136 valence electrons. The van der Waals surface area contributed by atoms with Crippen LogP contribution in [0.2, 0.25) is 0 Å². The predicted molar refractivity (Wildman–Crippen MR) is 99.8 cm³/mol. The maximum absolute atomic E-state index is 12.6. The molecule has 0 spiro atoms. The Hall–Kier alpha value is -2.56. The molecule has 1 aliphatic heterocycles. The normalized spacial score (nSPS) is 16.6. The van der Waals surface area contributed by atoms with Crippen molar-refractivity contribution in [2.24, 2.45) is 0 Å². The molecule has 2 amide bonds. The second kappa shape index (κ2) is 7.36. The largest absolute Gasteiger partial charge is 0.367 e. The van der Waals surface area contributed by atoms with Crippen molar-refractivity contribution < 1.29 is 9.59 Å². The van der Waals surface area contributed by atoms with Crippen molar-refractivity contribution in [1.29, 1.82) is 0 Å². The Bertz CT molecular complexity index is 790. The summed E-state index contributed by atoms with van der Waals surface area (Å²) in [6.45, 7) is 2.50. The zero-order valence-electron chi connectivity index (χ0n) is 15.0. The summed E-state index contributed by atoms with van der Waals surface area (Å²) in [6.07, 6.45) is 8.11. The Morgan fingerprint density at radius 1 is 0.846 bits per heavy atom. The molecular weight excluding hydrogens is 326 g/mol. The lowest BCUT2D eigenvalue weighted by molar-refractivity contribution is -0.138. The lowest BCUT2D eigenvalue weighted by Gasteiger charge is -2.35. The number of carbonyl (C=O) groups is 2. The highest BCUT2D eigenvalue weighted by molar-refractivity contribution is 5.81. The Kier molecular flexibility index (Phi) is 4.78. The molecule has 0 radical (unpaired) electrons. The Morgan fingerprint density at radius 2 is 1.50 bits per heavy atom. The third-order valence-corrected chi connectivity index (χ3v) is 5.52. The molecule has 0 unspecified atom stereocenters. The van der Waals surface area contributed by atoms with Gasteiger partial charge in [0.2, 0.25) is 11.8 Å². The van der Waals surface area contributed by atoms with E-state index in [-0.39, 0.29) is 11.8 Å². The van der Waals surface area contributed by atoms with Crippen LogP contribution in [0.3, 0.4) is 0 Å². The molecule has 26 heavy (non-hydrogen) atoms. The maximum Gasteiger partial charge on any atom is 0.227 e. The standard InChI is InChI=1S/C21H25N3O2/c25-20(13-16-4-5-18-2-1-3-19(18)12-16)23-8-10-24(11-9-23)21(26)14-17-6-7-22-15-17/h4-7,12,15,22H,1-3,8-11,13-14H2. The second-order valence-electron chi connectivity index (χ2n) is 7.29. The fourth-order valence-corrected chi connectivity index (χ4v) is 3.98. The molecule has 2 aromatic rings. The summed E-state index contributed by atoms with van der Waals surface area (Å²) in [4.78, 5) is 31.7. The number of fused-ring (bicyclic) bond motifs is 1. The van der Waals surface area contributed by atoms with E-state index < -0.39 is 0 Å². The number of nitrogens with one attached hydrogen (secondary N) is 1. The summed E-state index contributed by atoms with van der Waals surface area (Å²) in [5.74, 6) is 0.302. The smallest absolute Gasteiger partial charge is 0.227 e.